The van der Waals surface area contributed by atoms with Gasteiger partial charge in [-0.15, -0.1) is 0 Å². The lowest BCUT2D eigenvalue weighted by molar-refractivity contribution is 0.415. The predicted molar refractivity (Wildman–Crippen MR) is 72.9 cm³/mol. The summed E-state index contributed by atoms with van der Waals surface area (Å²) in [6.45, 7) is 4.86. The molecule has 0 amide bonds. The van der Waals surface area contributed by atoms with Crippen LogP contribution in [0.2, 0.25) is 0 Å². The van der Waals surface area contributed by atoms with Crippen molar-refractivity contribution >= 4 is 5.82 Å². The molecule has 0 spiro atoms. The molecule has 0 atom stereocenters. The Bertz CT molecular complexity index is 523. The molecule has 0 saturated carbocycles. The van der Waals surface area contributed by atoms with Gasteiger partial charge in [0.1, 0.15) is 11.6 Å². The summed E-state index contributed by atoms with van der Waals surface area (Å²) in [5, 5.41) is 3.21. The number of aryl methyl sites for hydroxylation is 1. The van der Waals surface area contributed by atoms with Crippen molar-refractivity contribution < 1.29 is 4.74 Å². The van der Waals surface area contributed by atoms with Crippen molar-refractivity contribution in [1.29, 1.82) is 0 Å². The second-order valence-electron chi connectivity index (χ2n) is 3.98. The molecule has 0 aliphatic heterocycles. The third-order valence-corrected chi connectivity index (χ3v) is 2.56. The highest BCUT2D eigenvalue weighted by atomic mass is 16.5. The molecule has 0 radical (unpaired) electrons. The topological polar surface area (TPSA) is 47.0 Å². The van der Waals surface area contributed by atoms with Crippen LogP contribution in [0.4, 0.5) is 5.82 Å². The summed E-state index contributed by atoms with van der Waals surface area (Å²) in [5.41, 5.74) is 1.94. The minimum Gasteiger partial charge on any atom is -0.497 e. The maximum atomic E-state index is 5.14. The molecule has 1 aromatic carbocycles. The van der Waals surface area contributed by atoms with E-state index in [2.05, 4.69) is 15.3 Å². The van der Waals surface area contributed by atoms with E-state index in [0.29, 0.717) is 0 Å². The Kier molecular flexibility index (Phi) is 3.77. The van der Waals surface area contributed by atoms with E-state index >= 15 is 0 Å². The molecule has 0 aliphatic carbocycles. The van der Waals surface area contributed by atoms with Gasteiger partial charge in [-0.3, -0.25) is 0 Å². The van der Waals surface area contributed by atoms with Crippen LogP contribution >= 0.6 is 0 Å². The molecule has 0 saturated heterocycles. The zero-order valence-corrected chi connectivity index (χ0v) is 10.9. The molecular formula is C14H17N3O. The first-order valence-electron chi connectivity index (χ1n) is 5.97. The van der Waals surface area contributed by atoms with E-state index in [1.165, 1.54) is 0 Å². The monoisotopic (exact) mass is 243 g/mol. The molecule has 0 fully saturated rings. The number of methoxy groups -OCH3 is 1. The van der Waals surface area contributed by atoms with Crippen LogP contribution in [-0.4, -0.2) is 23.6 Å². The van der Waals surface area contributed by atoms with Gasteiger partial charge in [-0.25, -0.2) is 9.97 Å². The second kappa shape index (κ2) is 5.49. The lowest BCUT2D eigenvalue weighted by Crippen LogP contribution is -2.02. The minimum atomic E-state index is 0.730. The number of hydrogen-bond acceptors (Lipinski definition) is 4. The molecule has 94 valence electrons. The van der Waals surface area contributed by atoms with E-state index in [0.717, 1.165) is 35.2 Å². The van der Waals surface area contributed by atoms with Gasteiger partial charge in [-0.1, -0.05) is 0 Å². The number of anilines is 1. The van der Waals surface area contributed by atoms with Crippen molar-refractivity contribution in [2.24, 2.45) is 0 Å². The van der Waals surface area contributed by atoms with Crippen LogP contribution in [0.3, 0.4) is 0 Å². The van der Waals surface area contributed by atoms with Gasteiger partial charge >= 0.3 is 0 Å². The van der Waals surface area contributed by atoms with E-state index in [4.69, 9.17) is 4.74 Å². The van der Waals surface area contributed by atoms with Crippen molar-refractivity contribution in [2.75, 3.05) is 19.0 Å². The van der Waals surface area contributed by atoms with E-state index in [9.17, 15) is 0 Å². The lowest BCUT2D eigenvalue weighted by atomic mass is 10.2. The molecule has 1 aromatic heterocycles. The first-order valence-corrected chi connectivity index (χ1v) is 5.97. The molecule has 4 nitrogen and oxygen atoms in total. The van der Waals surface area contributed by atoms with Gasteiger partial charge in [0.15, 0.2) is 5.82 Å². The molecule has 0 unspecified atom stereocenters. The van der Waals surface area contributed by atoms with Crippen LogP contribution in [0, 0.1) is 6.92 Å². The molecule has 0 bridgehead atoms. The molecule has 2 aromatic rings. The van der Waals surface area contributed by atoms with E-state index in [1.807, 2.05) is 44.2 Å². The Labute approximate surface area is 107 Å². The Morgan fingerprint density at radius 2 is 1.89 bits per heavy atom. The predicted octanol–water partition coefficient (Wildman–Crippen LogP) is 2.89. The summed E-state index contributed by atoms with van der Waals surface area (Å²) in [4.78, 5) is 8.94. The van der Waals surface area contributed by atoms with Crippen LogP contribution < -0.4 is 10.1 Å². The number of hydrogen-bond donors (Lipinski definition) is 1. The van der Waals surface area contributed by atoms with Crippen LogP contribution in [-0.2, 0) is 0 Å². The SMILES string of the molecule is CCNc1cc(C)nc(-c2ccc(OC)cc2)n1. The zero-order valence-electron chi connectivity index (χ0n) is 10.9. The molecule has 2 rings (SSSR count). The maximum absolute atomic E-state index is 5.14. The first-order chi connectivity index (χ1) is 8.72. The van der Waals surface area contributed by atoms with Crippen LogP contribution in [0.25, 0.3) is 11.4 Å². The maximum Gasteiger partial charge on any atom is 0.161 e. The molecule has 4 heteroatoms. The fraction of sp³-hybridized carbons (Fsp3) is 0.286. The molecule has 18 heavy (non-hydrogen) atoms. The number of nitrogens with zero attached hydrogens (tertiary/aromatic N) is 2. The van der Waals surface area contributed by atoms with Crippen molar-refractivity contribution in [2.45, 2.75) is 13.8 Å². The average Bonchev–Trinajstić information content (AvgIpc) is 2.38. The Balaban J connectivity index is 2.36. The van der Waals surface area contributed by atoms with Gasteiger partial charge in [0.2, 0.25) is 0 Å². The Hall–Kier alpha value is -2.10. The van der Waals surface area contributed by atoms with E-state index < -0.39 is 0 Å². The summed E-state index contributed by atoms with van der Waals surface area (Å²) >= 11 is 0. The van der Waals surface area contributed by atoms with Crippen molar-refractivity contribution in [3.63, 3.8) is 0 Å². The minimum absolute atomic E-state index is 0.730. The zero-order chi connectivity index (χ0) is 13.0. The summed E-state index contributed by atoms with van der Waals surface area (Å²) < 4.78 is 5.14. The normalized spacial score (nSPS) is 10.2. The highest BCUT2D eigenvalue weighted by Gasteiger charge is 2.04. The summed E-state index contributed by atoms with van der Waals surface area (Å²) in [6, 6.07) is 9.69. The van der Waals surface area contributed by atoms with Gasteiger partial charge in [-0.2, -0.15) is 0 Å². The van der Waals surface area contributed by atoms with Crippen LogP contribution in [0.1, 0.15) is 12.6 Å². The lowest BCUT2D eigenvalue weighted by Gasteiger charge is -2.07. The summed E-state index contributed by atoms with van der Waals surface area (Å²) in [7, 11) is 1.65. The number of aromatic nitrogens is 2. The fourth-order valence-corrected chi connectivity index (χ4v) is 1.71. The van der Waals surface area contributed by atoms with Gasteiger partial charge < -0.3 is 10.1 Å². The van der Waals surface area contributed by atoms with Gasteiger partial charge in [0, 0.05) is 23.9 Å². The first kappa shape index (κ1) is 12.4. The van der Waals surface area contributed by atoms with Crippen LogP contribution in [0.15, 0.2) is 30.3 Å². The Morgan fingerprint density at radius 3 is 2.50 bits per heavy atom. The number of benzene rings is 1. The fourth-order valence-electron chi connectivity index (χ4n) is 1.71. The summed E-state index contributed by atoms with van der Waals surface area (Å²) in [5.74, 6) is 2.42. The quantitative estimate of drug-likeness (QED) is 0.897. The number of nitrogens with one attached hydrogen (secondary N) is 1. The summed E-state index contributed by atoms with van der Waals surface area (Å²) in [6.07, 6.45) is 0. The van der Waals surface area contributed by atoms with Crippen molar-refractivity contribution in [3.8, 4) is 17.1 Å². The van der Waals surface area contributed by atoms with Gasteiger partial charge in [-0.05, 0) is 38.1 Å². The van der Waals surface area contributed by atoms with Crippen molar-refractivity contribution in [1.82, 2.24) is 9.97 Å². The number of ether oxygens (including phenoxy) is 1. The standard InChI is InChI=1S/C14H17N3O/c1-4-15-13-9-10(2)16-14(17-13)11-5-7-12(18-3)8-6-11/h5-9H,4H2,1-3H3,(H,15,16,17). The highest BCUT2D eigenvalue weighted by molar-refractivity contribution is 5.58. The van der Waals surface area contributed by atoms with E-state index in [-0.39, 0.29) is 0 Å². The Morgan fingerprint density at radius 1 is 1.17 bits per heavy atom. The van der Waals surface area contributed by atoms with Gasteiger partial charge in [0.25, 0.3) is 0 Å². The third kappa shape index (κ3) is 2.77. The second-order valence-corrected chi connectivity index (χ2v) is 3.98. The van der Waals surface area contributed by atoms with Gasteiger partial charge in [0.05, 0.1) is 7.11 Å². The average molecular weight is 243 g/mol. The number of rotatable bonds is 4. The van der Waals surface area contributed by atoms with Crippen molar-refractivity contribution in [3.05, 3.63) is 36.0 Å². The third-order valence-electron chi connectivity index (χ3n) is 2.56. The molecular weight excluding hydrogens is 226 g/mol. The molecule has 0 aliphatic rings. The van der Waals surface area contributed by atoms with E-state index in [1.54, 1.807) is 7.11 Å². The molecule has 1 heterocycles. The highest BCUT2D eigenvalue weighted by Crippen LogP contribution is 2.20. The molecule has 1 N–H and O–H groups in total. The largest absolute Gasteiger partial charge is 0.497 e. The van der Waals surface area contributed by atoms with Crippen LogP contribution in [0.5, 0.6) is 5.75 Å². The smallest absolute Gasteiger partial charge is 0.161 e.